The summed E-state index contributed by atoms with van der Waals surface area (Å²) in [6.07, 6.45) is 3.29. The summed E-state index contributed by atoms with van der Waals surface area (Å²) in [6, 6.07) is 14.7. The Kier molecular flexibility index (Phi) is 7.22. The molecule has 0 aliphatic carbocycles. The highest BCUT2D eigenvalue weighted by molar-refractivity contribution is 9.10. The molecule has 1 aliphatic rings. The Morgan fingerprint density at radius 1 is 0.909 bits per heavy atom. The van der Waals surface area contributed by atoms with Gasteiger partial charge in [0.25, 0.3) is 0 Å². The molecule has 1 fully saturated rings. The Morgan fingerprint density at radius 2 is 1.50 bits per heavy atom. The van der Waals surface area contributed by atoms with E-state index in [1.807, 2.05) is 24.3 Å². The number of rotatable bonds is 2. The highest BCUT2D eigenvalue weighted by atomic mass is 79.9. The average Bonchev–Trinajstić information content (AvgIpc) is 2.54. The van der Waals surface area contributed by atoms with Crippen LogP contribution in [0.5, 0.6) is 11.5 Å². The Bertz CT molecular complexity index is 528. The number of benzene rings is 2. The number of hydrogen-bond donors (Lipinski definition) is 1. The van der Waals surface area contributed by atoms with E-state index in [4.69, 9.17) is 14.6 Å². The fraction of sp³-hybridized carbons (Fsp3) is 0.294. The summed E-state index contributed by atoms with van der Waals surface area (Å²) >= 11 is 6.62. The maximum atomic E-state index is 8.74. The zero-order valence-corrected chi connectivity index (χ0v) is 15.2. The molecule has 3 rings (SSSR count). The third-order valence-electron chi connectivity index (χ3n) is 3.05. The molecule has 1 atom stereocenters. The summed E-state index contributed by atoms with van der Waals surface area (Å²) in [5, 5.41) is 8.74. The number of phenols is 1. The molecule has 1 aliphatic heterocycles. The zero-order valence-electron chi connectivity index (χ0n) is 12.0. The molecule has 3 nitrogen and oxygen atoms in total. The fourth-order valence-electron chi connectivity index (χ4n) is 1.91. The maximum Gasteiger partial charge on any atom is 0.199 e. The van der Waals surface area contributed by atoms with E-state index in [2.05, 4.69) is 31.9 Å². The number of hydrogen-bond acceptors (Lipinski definition) is 3. The monoisotopic (exact) mass is 428 g/mol. The van der Waals surface area contributed by atoms with Crippen LogP contribution in [0.3, 0.4) is 0 Å². The van der Waals surface area contributed by atoms with Crippen molar-refractivity contribution in [2.24, 2.45) is 0 Å². The standard InChI is InChI=1S/C11H13BrO2.C6H5BrO/c12-9-4-6-10(7-5-9)14-11-3-1-2-8-13-11;7-5-1-3-6(8)4-2-5/h4-7,11H,1-3,8H2;1-4,8H. The lowest BCUT2D eigenvalue weighted by Crippen LogP contribution is -2.24. The van der Waals surface area contributed by atoms with Crippen LogP contribution in [-0.2, 0) is 4.74 Å². The van der Waals surface area contributed by atoms with Crippen molar-refractivity contribution in [3.8, 4) is 11.5 Å². The van der Waals surface area contributed by atoms with Gasteiger partial charge in [0.2, 0.25) is 0 Å². The van der Waals surface area contributed by atoms with E-state index >= 15 is 0 Å². The summed E-state index contributed by atoms with van der Waals surface area (Å²) in [7, 11) is 0. The van der Waals surface area contributed by atoms with Crippen LogP contribution in [0.25, 0.3) is 0 Å². The van der Waals surface area contributed by atoms with Crippen LogP contribution < -0.4 is 4.74 Å². The molecule has 1 saturated heterocycles. The van der Waals surface area contributed by atoms with Crippen LogP contribution in [0, 0.1) is 0 Å². The van der Waals surface area contributed by atoms with Crippen molar-refractivity contribution in [3.63, 3.8) is 0 Å². The molecular formula is C17H18Br2O3. The van der Waals surface area contributed by atoms with E-state index in [-0.39, 0.29) is 6.29 Å². The number of aromatic hydroxyl groups is 1. The van der Waals surface area contributed by atoms with Gasteiger partial charge in [-0.15, -0.1) is 0 Å². The molecule has 2 aromatic carbocycles. The molecule has 118 valence electrons. The summed E-state index contributed by atoms with van der Waals surface area (Å²) in [6.45, 7) is 0.821. The van der Waals surface area contributed by atoms with Gasteiger partial charge in [-0.3, -0.25) is 0 Å². The SMILES string of the molecule is Brc1ccc(OC2CCCCO2)cc1.Oc1ccc(Br)cc1. The van der Waals surface area contributed by atoms with E-state index in [1.165, 1.54) is 6.42 Å². The lowest BCUT2D eigenvalue weighted by atomic mass is 10.2. The lowest BCUT2D eigenvalue weighted by molar-refractivity contribution is -0.105. The van der Waals surface area contributed by atoms with E-state index < -0.39 is 0 Å². The first kappa shape index (κ1) is 17.3. The Hall–Kier alpha value is -1.04. The minimum Gasteiger partial charge on any atom is -0.508 e. The first-order chi connectivity index (χ1) is 10.6. The van der Waals surface area contributed by atoms with Gasteiger partial charge >= 0.3 is 0 Å². The predicted molar refractivity (Wildman–Crippen MR) is 94.2 cm³/mol. The zero-order chi connectivity index (χ0) is 15.8. The summed E-state index contributed by atoms with van der Waals surface area (Å²) in [5.74, 6) is 1.17. The molecule has 0 saturated carbocycles. The van der Waals surface area contributed by atoms with Gasteiger partial charge in [0.15, 0.2) is 6.29 Å². The molecule has 22 heavy (non-hydrogen) atoms. The van der Waals surface area contributed by atoms with Crippen LogP contribution in [0.2, 0.25) is 0 Å². The Morgan fingerprint density at radius 3 is 2.00 bits per heavy atom. The second-order valence-corrected chi connectivity index (χ2v) is 6.68. The summed E-state index contributed by atoms with van der Waals surface area (Å²) < 4.78 is 13.2. The summed E-state index contributed by atoms with van der Waals surface area (Å²) in [4.78, 5) is 0. The van der Waals surface area contributed by atoms with Crippen LogP contribution >= 0.6 is 31.9 Å². The third-order valence-corrected chi connectivity index (χ3v) is 4.10. The second-order valence-electron chi connectivity index (χ2n) is 4.84. The minimum absolute atomic E-state index is 0.0510. The predicted octanol–water partition coefficient (Wildman–Crippen LogP) is 5.51. The molecule has 1 heterocycles. The van der Waals surface area contributed by atoms with E-state index in [1.54, 1.807) is 24.3 Å². The molecule has 0 spiro atoms. The van der Waals surface area contributed by atoms with Crippen LogP contribution in [-0.4, -0.2) is 18.0 Å². The normalized spacial score (nSPS) is 17.3. The quantitative estimate of drug-likeness (QED) is 0.683. The van der Waals surface area contributed by atoms with Crippen LogP contribution in [0.15, 0.2) is 57.5 Å². The van der Waals surface area contributed by atoms with Gasteiger partial charge in [0.05, 0.1) is 6.61 Å². The number of phenolic OH excluding ortho intramolecular Hbond substituents is 1. The largest absolute Gasteiger partial charge is 0.508 e. The Labute approximate surface area is 147 Å². The van der Waals surface area contributed by atoms with Crippen molar-refractivity contribution in [1.82, 2.24) is 0 Å². The molecule has 2 aromatic rings. The highest BCUT2D eigenvalue weighted by Crippen LogP contribution is 2.21. The molecule has 1 N–H and O–H groups in total. The van der Waals surface area contributed by atoms with Gasteiger partial charge in [-0.05, 0) is 61.4 Å². The van der Waals surface area contributed by atoms with E-state index in [9.17, 15) is 0 Å². The highest BCUT2D eigenvalue weighted by Gasteiger charge is 2.14. The van der Waals surface area contributed by atoms with Gasteiger partial charge in [0.1, 0.15) is 11.5 Å². The van der Waals surface area contributed by atoms with Gasteiger partial charge < -0.3 is 14.6 Å². The molecule has 0 aromatic heterocycles. The first-order valence-electron chi connectivity index (χ1n) is 7.12. The molecule has 0 bridgehead atoms. The van der Waals surface area contributed by atoms with Crippen molar-refractivity contribution >= 4 is 31.9 Å². The van der Waals surface area contributed by atoms with Gasteiger partial charge in [-0.1, -0.05) is 31.9 Å². The molecule has 1 unspecified atom stereocenters. The average molecular weight is 430 g/mol. The van der Waals surface area contributed by atoms with E-state index in [0.29, 0.717) is 5.75 Å². The van der Waals surface area contributed by atoms with Crippen molar-refractivity contribution in [2.45, 2.75) is 25.6 Å². The van der Waals surface area contributed by atoms with Crippen LogP contribution in [0.1, 0.15) is 19.3 Å². The topological polar surface area (TPSA) is 38.7 Å². The first-order valence-corrected chi connectivity index (χ1v) is 8.70. The smallest absolute Gasteiger partial charge is 0.199 e. The van der Waals surface area contributed by atoms with E-state index in [0.717, 1.165) is 34.1 Å². The Balaban J connectivity index is 0.000000188. The third kappa shape index (κ3) is 6.38. The van der Waals surface area contributed by atoms with Crippen molar-refractivity contribution in [2.75, 3.05) is 6.61 Å². The molecule has 5 heteroatoms. The summed E-state index contributed by atoms with van der Waals surface area (Å²) in [5.41, 5.74) is 0. The van der Waals surface area contributed by atoms with Gasteiger partial charge in [-0.2, -0.15) is 0 Å². The maximum absolute atomic E-state index is 8.74. The van der Waals surface area contributed by atoms with Gasteiger partial charge in [0, 0.05) is 15.4 Å². The minimum atomic E-state index is -0.0510. The second kappa shape index (κ2) is 9.18. The van der Waals surface area contributed by atoms with Crippen LogP contribution in [0.4, 0.5) is 0 Å². The fourth-order valence-corrected chi connectivity index (χ4v) is 2.44. The molecule has 0 radical (unpaired) electrons. The van der Waals surface area contributed by atoms with Gasteiger partial charge in [-0.25, -0.2) is 0 Å². The number of ether oxygens (including phenoxy) is 2. The van der Waals surface area contributed by atoms with Crippen molar-refractivity contribution < 1.29 is 14.6 Å². The molecule has 0 amide bonds. The van der Waals surface area contributed by atoms with Crippen molar-refractivity contribution in [1.29, 1.82) is 0 Å². The lowest BCUT2D eigenvalue weighted by Gasteiger charge is -2.23. The van der Waals surface area contributed by atoms with Crippen molar-refractivity contribution in [3.05, 3.63) is 57.5 Å². The number of halogens is 2. The molecular weight excluding hydrogens is 412 g/mol.